The molecule has 2 N–H and O–H groups in total. The molecule has 4 aromatic rings. The Hall–Kier alpha value is -2.86. The van der Waals surface area contributed by atoms with E-state index < -0.39 is 25.1 Å². The Labute approximate surface area is 224 Å². The molecular weight excluding hydrogens is 556 g/mol. The van der Waals surface area contributed by atoms with Crippen LogP contribution in [-0.2, 0) is 26.7 Å². The summed E-state index contributed by atoms with van der Waals surface area (Å²) in [5.74, 6) is 0.620. The molecule has 0 bridgehead atoms. The molecule has 0 saturated heterocycles. The van der Waals surface area contributed by atoms with Crippen molar-refractivity contribution in [3.63, 3.8) is 0 Å². The molecule has 192 valence electrons. The minimum atomic E-state index is -4.65. The first-order chi connectivity index (χ1) is 17.4. The van der Waals surface area contributed by atoms with Crippen molar-refractivity contribution in [2.75, 3.05) is 0 Å². The van der Waals surface area contributed by atoms with E-state index in [2.05, 4.69) is 6.92 Å². The summed E-state index contributed by atoms with van der Waals surface area (Å²) >= 11 is 7.84. The number of aryl methyl sites for hydroxylation is 1. The van der Waals surface area contributed by atoms with Crippen LogP contribution in [0, 0.1) is 0 Å². The SMILES string of the molecule is CCc1ccc(Cl)c(Sc2ccc(Oc3ccc(-c4ccc(S(=O)(=O)O)cc4)c(S(=O)(=O)O)c3)cc2)c1. The first kappa shape index (κ1) is 27.2. The quantitative estimate of drug-likeness (QED) is 0.215. The smallest absolute Gasteiger partial charge is 0.295 e. The highest BCUT2D eigenvalue weighted by Crippen LogP contribution is 2.36. The van der Waals surface area contributed by atoms with Gasteiger partial charge in [0, 0.05) is 21.4 Å². The topological polar surface area (TPSA) is 118 Å². The maximum atomic E-state index is 12.1. The van der Waals surface area contributed by atoms with Crippen LogP contribution in [0.5, 0.6) is 11.5 Å². The Morgan fingerprint density at radius 1 is 0.784 bits per heavy atom. The summed E-state index contributed by atoms with van der Waals surface area (Å²) in [6.45, 7) is 2.07. The lowest BCUT2D eigenvalue weighted by molar-refractivity contribution is 0.471. The molecule has 0 amide bonds. The molecule has 4 aromatic carbocycles. The molecule has 0 aliphatic rings. The van der Waals surface area contributed by atoms with E-state index in [1.165, 1.54) is 47.7 Å². The molecule has 0 spiro atoms. The average Bonchev–Trinajstić information content (AvgIpc) is 2.85. The lowest BCUT2D eigenvalue weighted by Crippen LogP contribution is -2.02. The highest BCUT2D eigenvalue weighted by Gasteiger charge is 2.19. The normalized spacial score (nSPS) is 11.9. The van der Waals surface area contributed by atoms with Gasteiger partial charge < -0.3 is 4.74 Å². The minimum Gasteiger partial charge on any atom is -0.457 e. The second kappa shape index (κ2) is 10.9. The Kier molecular flexibility index (Phi) is 7.98. The van der Waals surface area contributed by atoms with Crippen molar-refractivity contribution in [2.45, 2.75) is 32.9 Å². The van der Waals surface area contributed by atoms with Gasteiger partial charge in [0.25, 0.3) is 20.2 Å². The fourth-order valence-corrected chi connectivity index (χ4v) is 5.85. The zero-order chi connectivity index (χ0) is 26.8. The van der Waals surface area contributed by atoms with Gasteiger partial charge in [-0.3, -0.25) is 9.11 Å². The van der Waals surface area contributed by atoms with E-state index in [1.54, 1.807) is 12.1 Å². The summed E-state index contributed by atoms with van der Waals surface area (Å²) in [5, 5.41) is 0.660. The van der Waals surface area contributed by atoms with Crippen LogP contribution >= 0.6 is 23.4 Å². The van der Waals surface area contributed by atoms with Crippen molar-refractivity contribution in [3.8, 4) is 22.6 Å². The fraction of sp³-hybridized carbons (Fsp3) is 0.0769. The fourth-order valence-electron chi connectivity index (χ4n) is 3.51. The Balaban J connectivity index is 1.57. The average molecular weight is 577 g/mol. The van der Waals surface area contributed by atoms with Crippen LogP contribution in [0.4, 0.5) is 0 Å². The van der Waals surface area contributed by atoms with E-state index in [9.17, 15) is 21.4 Å². The molecule has 0 aromatic heterocycles. The maximum absolute atomic E-state index is 12.1. The Bertz CT molecular complexity index is 1650. The van der Waals surface area contributed by atoms with E-state index in [0.717, 1.165) is 28.3 Å². The molecule has 0 radical (unpaired) electrons. The number of hydrogen-bond donors (Lipinski definition) is 2. The van der Waals surface area contributed by atoms with Crippen LogP contribution in [-0.4, -0.2) is 25.9 Å². The van der Waals surface area contributed by atoms with Gasteiger partial charge in [-0.2, -0.15) is 16.8 Å². The Morgan fingerprint density at radius 2 is 1.43 bits per heavy atom. The second-order valence-corrected chi connectivity index (χ2v) is 12.3. The van der Waals surface area contributed by atoms with Crippen LogP contribution in [0.1, 0.15) is 12.5 Å². The zero-order valence-electron chi connectivity index (χ0n) is 19.3. The van der Waals surface area contributed by atoms with Gasteiger partial charge in [0.1, 0.15) is 16.4 Å². The summed E-state index contributed by atoms with van der Waals surface area (Å²) < 4.78 is 71.5. The monoisotopic (exact) mass is 576 g/mol. The van der Waals surface area contributed by atoms with Crippen molar-refractivity contribution < 1.29 is 30.7 Å². The zero-order valence-corrected chi connectivity index (χ0v) is 22.5. The van der Waals surface area contributed by atoms with Gasteiger partial charge in [-0.05, 0) is 78.2 Å². The molecule has 11 heteroatoms. The molecule has 0 aliphatic carbocycles. The van der Waals surface area contributed by atoms with Gasteiger partial charge in [0.15, 0.2) is 0 Å². The van der Waals surface area contributed by atoms with Crippen LogP contribution in [0.15, 0.2) is 105 Å². The minimum absolute atomic E-state index is 0.134. The third kappa shape index (κ3) is 6.72. The van der Waals surface area contributed by atoms with E-state index in [-0.39, 0.29) is 16.2 Å². The van der Waals surface area contributed by atoms with E-state index in [1.807, 2.05) is 30.3 Å². The first-order valence-electron chi connectivity index (χ1n) is 10.9. The third-order valence-electron chi connectivity index (χ3n) is 5.39. The Morgan fingerprint density at radius 3 is 2.03 bits per heavy atom. The molecule has 0 aliphatic heterocycles. The lowest BCUT2D eigenvalue weighted by atomic mass is 10.1. The predicted molar refractivity (Wildman–Crippen MR) is 143 cm³/mol. The first-order valence-corrected chi connectivity index (χ1v) is 14.9. The summed E-state index contributed by atoms with van der Waals surface area (Å²) in [7, 11) is -9.05. The van der Waals surface area contributed by atoms with Crippen molar-refractivity contribution in [2.24, 2.45) is 0 Å². The highest BCUT2D eigenvalue weighted by molar-refractivity contribution is 7.99. The number of hydrogen-bond acceptors (Lipinski definition) is 6. The summed E-state index contributed by atoms with van der Waals surface area (Å²) in [4.78, 5) is 1.12. The van der Waals surface area contributed by atoms with E-state index in [0.29, 0.717) is 16.3 Å². The molecule has 0 saturated carbocycles. The van der Waals surface area contributed by atoms with Crippen LogP contribution in [0.3, 0.4) is 0 Å². The molecule has 4 rings (SSSR count). The summed E-state index contributed by atoms with van der Waals surface area (Å²) in [6, 6.07) is 22.1. The number of benzene rings is 4. The van der Waals surface area contributed by atoms with E-state index in [4.69, 9.17) is 20.9 Å². The van der Waals surface area contributed by atoms with Crippen molar-refractivity contribution >= 4 is 43.6 Å². The lowest BCUT2D eigenvalue weighted by Gasteiger charge is -2.12. The van der Waals surface area contributed by atoms with Gasteiger partial charge >= 0.3 is 0 Å². The largest absolute Gasteiger partial charge is 0.457 e. The molecule has 0 fully saturated rings. The molecule has 0 unspecified atom stereocenters. The van der Waals surface area contributed by atoms with Crippen LogP contribution in [0.25, 0.3) is 11.1 Å². The molecular formula is C26H21ClO7S3. The van der Waals surface area contributed by atoms with Gasteiger partial charge in [0.2, 0.25) is 0 Å². The third-order valence-corrected chi connectivity index (χ3v) is 8.65. The second-order valence-electron chi connectivity index (χ2n) is 7.93. The van der Waals surface area contributed by atoms with Gasteiger partial charge in [0.05, 0.1) is 9.92 Å². The van der Waals surface area contributed by atoms with Crippen molar-refractivity contribution in [1.82, 2.24) is 0 Å². The summed E-state index contributed by atoms with van der Waals surface area (Å²) in [6.07, 6.45) is 0.901. The van der Waals surface area contributed by atoms with Crippen LogP contribution < -0.4 is 4.74 Å². The molecule has 7 nitrogen and oxygen atoms in total. The van der Waals surface area contributed by atoms with Gasteiger partial charge in [-0.1, -0.05) is 48.5 Å². The van der Waals surface area contributed by atoms with Crippen molar-refractivity contribution in [1.29, 1.82) is 0 Å². The molecule has 0 heterocycles. The maximum Gasteiger partial charge on any atom is 0.295 e. The van der Waals surface area contributed by atoms with Gasteiger partial charge in [-0.15, -0.1) is 0 Å². The number of halogens is 1. The van der Waals surface area contributed by atoms with Gasteiger partial charge in [-0.25, -0.2) is 0 Å². The number of ether oxygens (including phenoxy) is 1. The highest BCUT2D eigenvalue weighted by atomic mass is 35.5. The predicted octanol–water partition coefficient (Wildman–Crippen LogP) is 7.01. The van der Waals surface area contributed by atoms with E-state index >= 15 is 0 Å². The van der Waals surface area contributed by atoms with Crippen LogP contribution in [0.2, 0.25) is 5.02 Å². The molecule has 37 heavy (non-hydrogen) atoms. The summed E-state index contributed by atoms with van der Waals surface area (Å²) in [5.41, 5.74) is 1.63. The number of rotatable bonds is 8. The molecule has 0 atom stereocenters. The standard InChI is InChI=1S/C26H21ClO7S3/c1-2-17-3-14-24(27)25(15-17)35-21-9-6-19(7-10-21)34-20-8-13-23(26(16-20)37(31,32)33)18-4-11-22(12-5-18)36(28,29)30/h3-16H,2H2,1H3,(H,28,29,30)(H,31,32,33). The van der Waals surface area contributed by atoms with Crippen molar-refractivity contribution in [3.05, 3.63) is 95.5 Å².